The molecule has 0 spiro atoms. The van der Waals surface area contributed by atoms with Crippen LogP contribution in [0.5, 0.6) is 5.75 Å². The molecule has 2 nitrogen and oxygen atoms in total. The summed E-state index contributed by atoms with van der Waals surface area (Å²) < 4.78 is 6.82. The average Bonchev–Trinajstić information content (AvgIpc) is 2.86. The van der Waals surface area contributed by atoms with Crippen molar-refractivity contribution in [1.29, 1.82) is 0 Å². The van der Waals surface area contributed by atoms with Crippen LogP contribution in [-0.2, 0) is 13.2 Å². The molecular weight excluding hydrogens is 322 g/mol. The SMILES string of the molecule is CCCNCc1ccc(COc2ccc(Br)cc2)s1. The molecule has 0 radical (unpaired) electrons. The zero-order valence-corrected chi connectivity index (χ0v) is 13.4. The van der Waals surface area contributed by atoms with E-state index in [2.05, 4.69) is 40.3 Å². The van der Waals surface area contributed by atoms with Gasteiger partial charge in [-0.2, -0.15) is 0 Å². The van der Waals surface area contributed by atoms with Gasteiger partial charge in [0.2, 0.25) is 0 Å². The standard InChI is InChI=1S/C15H18BrNOS/c1-2-9-17-10-14-7-8-15(19-14)11-18-13-5-3-12(16)4-6-13/h3-8,17H,2,9-11H2,1H3. The first kappa shape index (κ1) is 14.6. The van der Waals surface area contributed by atoms with E-state index in [4.69, 9.17) is 4.74 Å². The summed E-state index contributed by atoms with van der Waals surface area (Å²) >= 11 is 5.22. The van der Waals surface area contributed by atoms with Gasteiger partial charge in [0.15, 0.2) is 0 Å². The van der Waals surface area contributed by atoms with Crippen LogP contribution < -0.4 is 10.1 Å². The molecule has 2 aromatic rings. The molecule has 0 fully saturated rings. The number of hydrogen-bond acceptors (Lipinski definition) is 3. The number of rotatable bonds is 7. The van der Waals surface area contributed by atoms with Gasteiger partial charge in [-0.05, 0) is 49.4 Å². The third-order valence-electron chi connectivity index (χ3n) is 2.64. The number of thiophene rings is 1. The zero-order valence-electron chi connectivity index (χ0n) is 11.0. The van der Waals surface area contributed by atoms with Crippen LogP contribution in [-0.4, -0.2) is 6.54 Å². The maximum Gasteiger partial charge on any atom is 0.122 e. The Balaban J connectivity index is 1.81. The van der Waals surface area contributed by atoms with Crippen LogP contribution in [0.15, 0.2) is 40.9 Å². The molecule has 0 aliphatic carbocycles. The second-order valence-electron chi connectivity index (χ2n) is 4.29. The minimum absolute atomic E-state index is 0.639. The molecule has 1 aromatic heterocycles. The molecule has 1 heterocycles. The first-order chi connectivity index (χ1) is 9.28. The summed E-state index contributed by atoms with van der Waals surface area (Å²) in [5.41, 5.74) is 0. The first-order valence-corrected chi connectivity index (χ1v) is 8.05. The van der Waals surface area contributed by atoms with Gasteiger partial charge in [-0.25, -0.2) is 0 Å². The molecule has 2 rings (SSSR count). The Kier molecular flexibility index (Phi) is 5.89. The Labute approximate surface area is 126 Å². The van der Waals surface area contributed by atoms with Crippen LogP contribution >= 0.6 is 27.3 Å². The van der Waals surface area contributed by atoms with Crippen LogP contribution in [0.4, 0.5) is 0 Å². The summed E-state index contributed by atoms with van der Waals surface area (Å²) in [5, 5.41) is 3.41. The summed E-state index contributed by atoms with van der Waals surface area (Å²) in [6.07, 6.45) is 1.17. The fraction of sp³-hybridized carbons (Fsp3) is 0.333. The van der Waals surface area contributed by atoms with Gasteiger partial charge in [0.1, 0.15) is 12.4 Å². The highest BCUT2D eigenvalue weighted by atomic mass is 79.9. The van der Waals surface area contributed by atoms with Crippen LogP contribution in [0, 0.1) is 0 Å². The van der Waals surface area contributed by atoms with Gasteiger partial charge in [-0.3, -0.25) is 0 Å². The van der Waals surface area contributed by atoms with Crippen LogP contribution in [0.25, 0.3) is 0 Å². The van der Waals surface area contributed by atoms with Gasteiger partial charge in [0.05, 0.1) is 0 Å². The monoisotopic (exact) mass is 339 g/mol. The Morgan fingerprint density at radius 2 is 1.84 bits per heavy atom. The Bertz CT molecular complexity index is 495. The van der Waals surface area contributed by atoms with E-state index in [9.17, 15) is 0 Å². The largest absolute Gasteiger partial charge is 0.488 e. The van der Waals surface area contributed by atoms with E-state index in [0.29, 0.717) is 6.61 Å². The lowest BCUT2D eigenvalue weighted by Crippen LogP contribution is -2.12. The summed E-state index contributed by atoms with van der Waals surface area (Å²) in [7, 11) is 0. The second kappa shape index (κ2) is 7.68. The number of ether oxygens (including phenoxy) is 1. The van der Waals surface area contributed by atoms with Crippen molar-refractivity contribution >= 4 is 27.3 Å². The highest BCUT2D eigenvalue weighted by Crippen LogP contribution is 2.20. The number of halogens is 1. The zero-order chi connectivity index (χ0) is 13.5. The highest BCUT2D eigenvalue weighted by molar-refractivity contribution is 9.10. The molecule has 0 bridgehead atoms. The first-order valence-electron chi connectivity index (χ1n) is 6.44. The van der Waals surface area contributed by atoms with Gasteiger partial charge in [0.25, 0.3) is 0 Å². The van der Waals surface area contributed by atoms with Gasteiger partial charge < -0.3 is 10.1 Å². The molecule has 0 saturated heterocycles. The molecule has 0 atom stereocenters. The summed E-state index contributed by atoms with van der Waals surface area (Å²) in [5.74, 6) is 0.905. The van der Waals surface area contributed by atoms with Gasteiger partial charge in [-0.1, -0.05) is 22.9 Å². The highest BCUT2D eigenvalue weighted by Gasteiger charge is 2.01. The summed E-state index contributed by atoms with van der Waals surface area (Å²) in [4.78, 5) is 2.62. The quantitative estimate of drug-likeness (QED) is 0.745. The minimum atomic E-state index is 0.639. The molecule has 0 amide bonds. The summed E-state index contributed by atoms with van der Waals surface area (Å²) in [6.45, 7) is 4.85. The maximum absolute atomic E-state index is 5.76. The number of hydrogen-bond donors (Lipinski definition) is 1. The average molecular weight is 340 g/mol. The van der Waals surface area contributed by atoms with Crippen LogP contribution in [0.2, 0.25) is 0 Å². The van der Waals surface area contributed by atoms with Crippen molar-refractivity contribution in [3.05, 3.63) is 50.6 Å². The predicted octanol–water partition coefficient (Wildman–Crippen LogP) is 4.59. The van der Waals surface area contributed by atoms with Crippen molar-refractivity contribution < 1.29 is 4.74 Å². The molecule has 1 N–H and O–H groups in total. The van der Waals surface area contributed by atoms with E-state index < -0.39 is 0 Å². The molecule has 0 aliphatic rings. The van der Waals surface area contributed by atoms with E-state index in [-0.39, 0.29) is 0 Å². The van der Waals surface area contributed by atoms with Crippen molar-refractivity contribution in [1.82, 2.24) is 5.32 Å². The van der Waals surface area contributed by atoms with E-state index >= 15 is 0 Å². The molecule has 1 aromatic carbocycles. The predicted molar refractivity (Wildman–Crippen MR) is 84.8 cm³/mol. The fourth-order valence-electron chi connectivity index (χ4n) is 1.67. The lowest BCUT2D eigenvalue weighted by Gasteiger charge is -2.04. The Hall–Kier alpha value is -0.840. The Morgan fingerprint density at radius 3 is 2.58 bits per heavy atom. The molecule has 4 heteroatoms. The van der Waals surface area contributed by atoms with Gasteiger partial charge >= 0.3 is 0 Å². The fourth-order valence-corrected chi connectivity index (χ4v) is 2.83. The van der Waals surface area contributed by atoms with Crippen LogP contribution in [0.3, 0.4) is 0 Å². The van der Waals surface area contributed by atoms with Crippen LogP contribution in [0.1, 0.15) is 23.1 Å². The van der Waals surface area contributed by atoms with E-state index in [0.717, 1.165) is 23.3 Å². The van der Waals surface area contributed by atoms with Crippen molar-refractivity contribution in [2.45, 2.75) is 26.5 Å². The van der Waals surface area contributed by atoms with Crippen molar-refractivity contribution in [3.8, 4) is 5.75 Å². The molecule has 0 unspecified atom stereocenters. The lowest BCUT2D eigenvalue weighted by atomic mass is 10.3. The minimum Gasteiger partial charge on any atom is -0.488 e. The maximum atomic E-state index is 5.76. The molecule has 19 heavy (non-hydrogen) atoms. The second-order valence-corrected chi connectivity index (χ2v) is 6.46. The van der Waals surface area contributed by atoms with E-state index in [1.807, 2.05) is 35.6 Å². The van der Waals surface area contributed by atoms with Gasteiger partial charge in [0, 0.05) is 20.8 Å². The van der Waals surface area contributed by atoms with Crippen molar-refractivity contribution in [2.75, 3.05) is 6.54 Å². The van der Waals surface area contributed by atoms with E-state index in [1.54, 1.807) is 0 Å². The molecule has 102 valence electrons. The number of benzene rings is 1. The van der Waals surface area contributed by atoms with Crippen molar-refractivity contribution in [3.63, 3.8) is 0 Å². The van der Waals surface area contributed by atoms with Gasteiger partial charge in [-0.15, -0.1) is 11.3 Å². The topological polar surface area (TPSA) is 21.3 Å². The summed E-state index contributed by atoms with van der Waals surface area (Å²) in [6, 6.07) is 12.2. The molecular formula is C15H18BrNOS. The number of nitrogens with one attached hydrogen (secondary N) is 1. The third kappa shape index (κ3) is 4.97. The third-order valence-corrected chi connectivity index (χ3v) is 4.23. The lowest BCUT2D eigenvalue weighted by molar-refractivity contribution is 0.310. The molecule has 0 saturated carbocycles. The molecule has 0 aliphatic heterocycles. The smallest absolute Gasteiger partial charge is 0.122 e. The van der Waals surface area contributed by atoms with Crippen molar-refractivity contribution in [2.24, 2.45) is 0 Å². The Morgan fingerprint density at radius 1 is 1.11 bits per heavy atom. The normalized spacial score (nSPS) is 10.6. The van der Waals surface area contributed by atoms with E-state index in [1.165, 1.54) is 16.2 Å².